The minimum atomic E-state index is 0.201. The third-order valence-electron chi connectivity index (χ3n) is 1.74. The molecule has 0 atom stereocenters. The van der Waals surface area contributed by atoms with Crippen molar-refractivity contribution in [3.63, 3.8) is 0 Å². The van der Waals surface area contributed by atoms with Crippen LogP contribution in [0.2, 0.25) is 5.02 Å². The summed E-state index contributed by atoms with van der Waals surface area (Å²) in [5.74, 6) is 0.721. The topological polar surface area (TPSA) is 32.3 Å². The number of halogens is 1. The fraction of sp³-hybridized carbons (Fsp3) is 0.400. The molecular formula is C10H14ClNOS. The average Bonchev–Trinajstić information content (AvgIpc) is 2.17. The molecule has 1 rings (SSSR count). The predicted molar refractivity (Wildman–Crippen MR) is 62.0 cm³/mol. The number of hydrogen-bond donors (Lipinski definition) is 2. The molecule has 0 saturated carbocycles. The van der Waals surface area contributed by atoms with Crippen molar-refractivity contribution in [3.05, 3.63) is 28.8 Å². The normalized spacial score (nSPS) is 10.5. The fourth-order valence-corrected chi connectivity index (χ4v) is 2.16. The number of rotatable bonds is 5. The van der Waals surface area contributed by atoms with Crippen molar-refractivity contribution in [2.75, 3.05) is 19.4 Å². The van der Waals surface area contributed by atoms with E-state index in [1.165, 1.54) is 10.5 Å². The number of nitrogens with one attached hydrogen (secondary N) is 1. The Morgan fingerprint density at radius 2 is 2.29 bits per heavy atom. The Bertz CT molecular complexity index is 293. The van der Waals surface area contributed by atoms with Gasteiger partial charge in [-0.05, 0) is 30.8 Å². The highest BCUT2D eigenvalue weighted by molar-refractivity contribution is 7.99. The minimum Gasteiger partial charge on any atom is -0.396 e. The first-order valence-corrected chi connectivity index (χ1v) is 5.81. The Balaban J connectivity index is 2.78. The Kier molecular flexibility index (Phi) is 5.33. The molecule has 0 aromatic heterocycles. The van der Waals surface area contributed by atoms with Crippen molar-refractivity contribution in [1.29, 1.82) is 0 Å². The van der Waals surface area contributed by atoms with E-state index in [-0.39, 0.29) is 6.61 Å². The van der Waals surface area contributed by atoms with Gasteiger partial charge in [0.15, 0.2) is 0 Å². The third kappa shape index (κ3) is 3.50. The first-order valence-electron chi connectivity index (χ1n) is 4.44. The molecule has 0 aliphatic rings. The van der Waals surface area contributed by atoms with Crippen LogP contribution in [0.15, 0.2) is 23.1 Å². The van der Waals surface area contributed by atoms with Crippen LogP contribution in [-0.2, 0) is 6.54 Å². The summed E-state index contributed by atoms with van der Waals surface area (Å²) in [4.78, 5) is 1.18. The smallest absolute Gasteiger partial charge is 0.0525 e. The SMILES string of the molecule is CNCc1cc(Cl)ccc1SCCO. The zero-order chi connectivity index (χ0) is 10.4. The molecule has 0 aliphatic carbocycles. The zero-order valence-electron chi connectivity index (χ0n) is 8.09. The second-order valence-corrected chi connectivity index (χ2v) is 4.43. The van der Waals surface area contributed by atoms with Gasteiger partial charge in [-0.3, -0.25) is 0 Å². The van der Waals surface area contributed by atoms with E-state index in [0.29, 0.717) is 0 Å². The van der Waals surface area contributed by atoms with Crippen LogP contribution < -0.4 is 5.32 Å². The van der Waals surface area contributed by atoms with Crippen LogP contribution in [0.3, 0.4) is 0 Å². The van der Waals surface area contributed by atoms with Crippen molar-refractivity contribution in [3.8, 4) is 0 Å². The van der Waals surface area contributed by atoms with E-state index < -0.39 is 0 Å². The van der Waals surface area contributed by atoms with Crippen LogP contribution in [0.4, 0.5) is 0 Å². The van der Waals surface area contributed by atoms with Crippen molar-refractivity contribution in [2.45, 2.75) is 11.4 Å². The van der Waals surface area contributed by atoms with E-state index in [0.717, 1.165) is 17.3 Å². The van der Waals surface area contributed by atoms with Crippen LogP contribution in [0, 0.1) is 0 Å². The molecule has 14 heavy (non-hydrogen) atoms. The third-order valence-corrected chi connectivity index (χ3v) is 3.07. The second-order valence-electron chi connectivity index (χ2n) is 2.85. The summed E-state index contributed by atoms with van der Waals surface area (Å²) in [5, 5.41) is 12.6. The molecule has 0 amide bonds. The average molecular weight is 232 g/mol. The van der Waals surface area contributed by atoms with Gasteiger partial charge >= 0.3 is 0 Å². The van der Waals surface area contributed by atoms with E-state index in [1.54, 1.807) is 11.8 Å². The Labute approximate surface area is 93.7 Å². The maximum absolute atomic E-state index is 8.74. The van der Waals surface area contributed by atoms with Gasteiger partial charge in [-0.1, -0.05) is 11.6 Å². The zero-order valence-corrected chi connectivity index (χ0v) is 9.66. The van der Waals surface area contributed by atoms with Gasteiger partial charge in [-0.25, -0.2) is 0 Å². The summed E-state index contributed by atoms with van der Waals surface area (Å²) in [6.45, 7) is 1.00. The second kappa shape index (κ2) is 6.30. The van der Waals surface area contributed by atoms with Crippen molar-refractivity contribution in [2.24, 2.45) is 0 Å². The Hall–Kier alpha value is -0.220. The maximum atomic E-state index is 8.74. The van der Waals surface area contributed by atoms with Crippen LogP contribution in [0.1, 0.15) is 5.56 Å². The number of aliphatic hydroxyl groups is 1. The van der Waals surface area contributed by atoms with E-state index in [2.05, 4.69) is 5.32 Å². The summed E-state index contributed by atoms with van der Waals surface area (Å²) in [7, 11) is 1.90. The lowest BCUT2D eigenvalue weighted by Crippen LogP contribution is -2.06. The summed E-state index contributed by atoms with van der Waals surface area (Å²) >= 11 is 7.55. The predicted octanol–water partition coefficient (Wildman–Crippen LogP) is 2.14. The molecule has 0 radical (unpaired) electrons. The summed E-state index contributed by atoms with van der Waals surface area (Å²) in [5.41, 5.74) is 1.18. The van der Waals surface area contributed by atoms with Gasteiger partial charge in [-0.15, -0.1) is 11.8 Å². The van der Waals surface area contributed by atoms with Crippen molar-refractivity contribution < 1.29 is 5.11 Å². The van der Waals surface area contributed by atoms with Gasteiger partial charge in [0.25, 0.3) is 0 Å². The van der Waals surface area contributed by atoms with E-state index in [4.69, 9.17) is 16.7 Å². The molecule has 78 valence electrons. The number of aliphatic hydroxyl groups excluding tert-OH is 1. The first-order chi connectivity index (χ1) is 6.77. The lowest BCUT2D eigenvalue weighted by molar-refractivity contribution is 0.322. The summed E-state index contributed by atoms with van der Waals surface area (Å²) in [6.07, 6.45) is 0. The molecule has 1 aromatic rings. The Morgan fingerprint density at radius 3 is 2.93 bits per heavy atom. The lowest BCUT2D eigenvalue weighted by Gasteiger charge is -2.08. The molecule has 0 fully saturated rings. The molecule has 0 unspecified atom stereocenters. The number of hydrogen-bond acceptors (Lipinski definition) is 3. The standard InChI is InChI=1S/C10H14ClNOS/c1-12-7-8-6-9(11)2-3-10(8)14-5-4-13/h2-3,6,12-13H,4-5,7H2,1H3. The van der Waals surface area contributed by atoms with E-state index in [9.17, 15) is 0 Å². The molecule has 0 aliphatic heterocycles. The largest absolute Gasteiger partial charge is 0.396 e. The molecule has 0 saturated heterocycles. The van der Waals surface area contributed by atoms with Gasteiger partial charge in [0.1, 0.15) is 0 Å². The maximum Gasteiger partial charge on any atom is 0.0525 e. The minimum absolute atomic E-state index is 0.201. The van der Waals surface area contributed by atoms with Crippen LogP contribution in [0.5, 0.6) is 0 Å². The number of benzene rings is 1. The first kappa shape index (κ1) is 11.9. The van der Waals surface area contributed by atoms with Gasteiger partial charge in [0.2, 0.25) is 0 Å². The lowest BCUT2D eigenvalue weighted by atomic mass is 10.2. The van der Waals surface area contributed by atoms with Crippen molar-refractivity contribution in [1.82, 2.24) is 5.32 Å². The fourth-order valence-electron chi connectivity index (χ4n) is 1.17. The molecule has 4 heteroatoms. The molecule has 0 heterocycles. The molecule has 2 nitrogen and oxygen atoms in total. The highest BCUT2D eigenvalue weighted by Gasteiger charge is 2.02. The van der Waals surface area contributed by atoms with Crippen molar-refractivity contribution >= 4 is 23.4 Å². The van der Waals surface area contributed by atoms with Crippen LogP contribution in [-0.4, -0.2) is 24.5 Å². The molecule has 1 aromatic carbocycles. The van der Waals surface area contributed by atoms with Gasteiger partial charge in [-0.2, -0.15) is 0 Å². The summed E-state index contributed by atoms with van der Waals surface area (Å²) < 4.78 is 0. The van der Waals surface area contributed by atoms with Gasteiger partial charge in [0, 0.05) is 22.2 Å². The molecular weight excluding hydrogens is 218 g/mol. The summed E-state index contributed by atoms with van der Waals surface area (Å²) in [6, 6.07) is 5.83. The van der Waals surface area contributed by atoms with Gasteiger partial charge in [0.05, 0.1) is 6.61 Å². The van der Waals surface area contributed by atoms with Gasteiger partial charge < -0.3 is 10.4 Å². The van der Waals surface area contributed by atoms with Crippen LogP contribution >= 0.6 is 23.4 Å². The van der Waals surface area contributed by atoms with E-state index in [1.807, 2.05) is 25.2 Å². The monoisotopic (exact) mass is 231 g/mol. The van der Waals surface area contributed by atoms with E-state index >= 15 is 0 Å². The van der Waals surface area contributed by atoms with Crippen LogP contribution in [0.25, 0.3) is 0 Å². The Morgan fingerprint density at radius 1 is 1.50 bits per heavy atom. The quantitative estimate of drug-likeness (QED) is 0.762. The highest BCUT2D eigenvalue weighted by Crippen LogP contribution is 2.25. The number of thioether (sulfide) groups is 1. The molecule has 0 bridgehead atoms. The highest BCUT2D eigenvalue weighted by atomic mass is 35.5. The molecule has 0 spiro atoms. The molecule has 2 N–H and O–H groups in total.